The van der Waals surface area contributed by atoms with Gasteiger partial charge in [0.15, 0.2) is 0 Å². The van der Waals surface area contributed by atoms with Gasteiger partial charge in [-0.3, -0.25) is 0 Å². The second-order valence-corrected chi connectivity index (χ2v) is 5.22. The third-order valence-electron chi connectivity index (χ3n) is 3.81. The van der Waals surface area contributed by atoms with Crippen molar-refractivity contribution in [2.24, 2.45) is 0 Å². The van der Waals surface area contributed by atoms with Crippen LogP contribution in [0.3, 0.4) is 0 Å². The van der Waals surface area contributed by atoms with Crippen molar-refractivity contribution < 1.29 is 0 Å². The number of aromatic amines is 1. The standard InChI is InChI=1S/C20H15N/c1-3-7-15(8-4-1)17-11-12-18-14-19(21-20(18)13-17)16-9-5-2-6-10-16/h1-14,21H. The van der Waals surface area contributed by atoms with E-state index in [1.54, 1.807) is 0 Å². The summed E-state index contributed by atoms with van der Waals surface area (Å²) in [6, 6.07) is 29.7. The molecular formula is C20H15N. The summed E-state index contributed by atoms with van der Waals surface area (Å²) in [6.07, 6.45) is 0. The molecule has 0 aliphatic heterocycles. The Hall–Kier alpha value is -2.80. The van der Waals surface area contributed by atoms with Gasteiger partial charge in [-0.05, 0) is 28.8 Å². The maximum atomic E-state index is 3.52. The van der Waals surface area contributed by atoms with E-state index in [4.69, 9.17) is 0 Å². The van der Waals surface area contributed by atoms with Gasteiger partial charge in [0, 0.05) is 16.6 Å². The molecule has 0 atom stereocenters. The lowest BCUT2D eigenvalue weighted by molar-refractivity contribution is 1.45. The van der Waals surface area contributed by atoms with Crippen molar-refractivity contribution in [3.8, 4) is 22.4 Å². The van der Waals surface area contributed by atoms with Crippen LogP contribution < -0.4 is 0 Å². The topological polar surface area (TPSA) is 15.8 Å². The zero-order valence-electron chi connectivity index (χ0n) is 11.6. The van der Waals surface area contributed by atoms with Crippen LogP contribution in [-0.2, 0) is 0 Å². The van der Waals surface area contributed by atoms with E-state index in [1.807, 2.05) is 12.1 Å². The third kappa shape index (κ3) is 2.23. The van der Waals surface area contributed by atoms with Crippen molar-refractivity contribution in [2.75, 3.05) is 0 Å². The second kappa shape index (κ2) is 4.95. The fraction of sp³-hybridized carbons (Fsp3) is 0. The molecule has 1 heteroatoms. The maximum Gasteiger partial charge on any atom is 0.0465 e. The van der Waals surface area contributed by atoms with Crippen molar-refractivity contribution in [1.82, 2.24) is 4.98 Å². The van der Waals surface area contributed by atoms with E-state index in [0.29, 0.717) is 0 Å². The van der Waals surface area contributed by atoms with E-state index >= 15 is 0 Å². The van der Waals surface area contributed by atoms with E-state index in [-0.39, 0.29) is 0 Å². The predicted octanol–water partition coefficient (Wildman–Crippen LogP) is 5.50. The first-order chi connectivity index (χ1) is 10.4. The van der Waals surface area contributed by atoms with Crippen molar-refractivity contribution >= 4 is 10.9 Å². The molecule has 0 unspecified atom stereocenters. The normalized spacial score (nSPS) is 10.9. The van der Waals surface area contributed by atoms with Gasteiger partial charge in [0.1, 0.15) is 0 Å². The van der Waals surface area contributed by atoms with E-state index in [9.17, 15) is 0 Å². The lowest BCUT2D eigenvalue weighted by Crippen LogP contribution is -1.77. The molecule has 0 saturated heterocycles. The molecular weight excluding hydrogens is 254 g/mol. The minimum absolute atomic E-state index is 1.16. The smallest absolute Gasteiger partial charge is 0.0465 e. The molecule has 21 heavy (non-hydrogen) atoms. The zero-order chi connectivity index (χ0) is 14.1. The van der Waals surface area contributed by atoms with Crippen LogP contribution in [0, 0.1) is 0 Å². The molecule has 0 spiro atoms. The van der Waals surface area contributed by atoms with Gasteiger partial charge < -0.3 is 4.98 Å². The number of benzene rings is 3. The molecule has 0 amide bonds. The van der Waals surface area contributed by atoms with Crippen LogP contribution in [-0.4, -0.2) is 4.98 Å². The molecule has 0 bridgehead atoms. The Kier molecular flexibility index (Phi) is 2.82. The fourth-order valence-corrected chi connectivity index (χ4v) is 2.71. The fourth-order valence-electron chi connectivity index (χ4n) is 2.71. The number of hydrogen-bond donors (Lipinski definition) is 1. The van der Waals surface area contributed by atoms with Crippen molar-refractivity contribution in [3.05, 3.63) is 84.9 Å². The Morgan fingerprint density at radius 2 is 1.19 bits per heavy atom. The molecule has 1 nitrogen and oxygen atoms in total. The number of fused-ring (bicyclic) bond motifs is 1. The SMILES string of the molecule is c1ccc(-c2ccc3cc(-c4ccccc4)[nH]c3c2)cc1. The lowest BCUT2D eigenvalue weighted by Gasteiger charge is -2.01. The van der Waals surface area contributed by atoms with Crippen LogP contribution in [0.25, 0.3) is 33.3 Å². The van der Waals surface area contributed by atoms with E-state index < -0.39 is 0 Å². The zero-order valence-corrected chi connectivity index (χ0v) is 11.6. The summed E-state index contributed by atoms with van der Waals surface area (Å²) in [5.41, 5.74) is 6.04. The van der Waals surface area contributed by atoms with Gasteiger partial charge in [-0.1, -0.05) is 72.8 Å². The highest BCUT2D eigenvalue weighted by Gasteiger charge is 2.04. The summed E-state index contributed by atoms with van der Waals surface area (Å²) >= 11 is 0. The Bertz CT molecular complexity index is 836. The second-order valence-electron chi connectivity index (χ2n) is 5.22. The number of hydrogen-bond acceptors (Lipinski definition) is 0. The monoisotopic (exact) mass is 269 g/mol. The van der Waals surface area contributed by atoms with Crippen LogP contribution in [0.5, 0.6) is 0 Å². The Morgan fingerprint density at radius 3 is 1.90 bits per heavy atom. The predicted molar refractivity (Wildman–Crippen MR) is 89.2 cm³/mol. The molecule has 0 saturated carbocycles. The molecule has 3 aromatic carbocycles. The summed E-state index contributed by atoms with van der Waals surface area (Å²) in [4.78, 5) is 3.52. The third-order valence-corrected chi connectivity index (χ3v) is 3.81. The molecule has 0 radical (unpaired) electrons. The van der Waals surface area contributed by atoms with Crippen LogP contribution in [0.4, 0.5) is 0 Å². The molecule has 4 rings (SSSR count). The minimum atomic E-state index is 1.16. The summed E-state index contributed by atoms with van der Waals surface area (Å²) in [7, 11) is 0. The van der Waals surface area contributed by atoms with Gasteiger partial charge in [0.05, 0.1) is 0 Å². The molecule has 0 aliphatic carbocycles. The van der Waals surface area contributed by atoms with Crippen LogP contribution >= 0.6 is 0 Å². The molecule has 4 aromatic rings. The molecule has 1 heterocycles. The summed E-state index contributed by atoms with van der Waals surface area (Å²) < 4.78 is 0. The average Bonchev–Trinajstić information content (AvgIpc) is 2.99. The maximum absolute atomic E-state index is 3.52. The van der Waals surface area contributed by atoms with Gasteiger partial charge in [0.2, 0.25) is 0 Å². The van der Waals surface area contributed by atoms with Gasteiger partial charge in [-0.25, -0.2) is 0 Å². The molecule has 1 aromatic heterocycles. The lowest BCUT2D eigenvalue weighted by atomic mass is 10.0. The first-order valence-electron chi connectivity index (χ1n) is 7.14. The Balaban J connectivity index is 1.82. The molecule has 0 aliphatic rings. The number of H-pyrrole nitrogens is 1. The van der Waals surface area contributed by atoms with Crippen molar-refractivity contribution in [3.63, 3.8) is 0 Å². The van der Waals surface area contributed by atoms with Crippen LogP contribution in [0.15, 0.2) is 84.9 Å². The Labute approximate surface area is 123 Å². The van der Waals surface area contributed by atoms with Crippen LogP contribution in [0.2, 0.25) is 0 Å². The van der Waals surface area contributed by atoms with E-state index in [2.05, 4.69) is 77.8 Å². The highest BCUT2D eigenvalue weighted by atomic mass is 14.7. The van der Waals surface area contributed by atoms with Crippen molar-refractivity contribution in [2.45, 2.75) is 0 Å². The van der Waals surface area contributed by atoms with Crippen LogP contribution in [0.1, 0.15) is 0 Å². The van der Waals surface area contributed by atoms with Gasteiger partial charge in [-0.15, -0.1) is 0 Å². The minimum Gasteiger partial charge on any atom is -0.355 e. The largest absolute Gasteiger partial charge is 0.355 e. The Morgan fingerprint density at radius 1 is 0.524 bits per heavy atom. The molecule has 1 N–H and O–H groups in total. The summed E-state index contributed by atoms with van der Waals surface area (Å²) in [6.45, 7) is 0. The van der Waals surface area contributed by atoms with Gasteiger partial charge in [0.25, 0.3) is 0 Å². The highest BCUT2D eigenvalue weighted by Crippen LogP contribution is 2.28. The number of nitrogens with one attached hydrogen (secondary N) is 1. The summed E-state index contributed by atoms with van der Waals surface area (Å²) in [5, 5.41) is 1.24. The molecule has 100 valence electrons. The average molecular weight is 269 g/mol. The number of rotatable bonds is 2. The van der Waals surface area contributed by atoms with Gasteiger partial charge in [-0.2, -0.15) is 0 Å². The van der Waals surface area contributed by atoms with E-state index in [1.165, 1.54) is 27.6 Å². The van der Waals surface area contributed by atoms with E-state index in [0.717, 1.165) is 5.69 Å². The number of aromatic nitrogens is 1. The first-order valence-corrected chi connectivity index (χ1v) is 7.14. The van der Waals surface area contributed by atoms with Crippen molar-refractivity contribution in [1.29, 1.82) is 0 Å². The first kappa shape index (κ1) is 12.0. The summed E-state index contributed by atoms with van der Waals surface area (Å²) in [5.74, 6) is 0. The quantitative estimate of drug-likeness (QED) is 0.494. The highest BCUT2D eigenvalue weighted by molar-refractivity contribution is 5.89. The van der Waals surface area contributed by atoms with Gasteiger partial charge >= 0.3 is 0 Å². The molecule has 0 fully saturated rings.